The highest BCUT2D eigenvalue weighted by molar-refractivity contribution is 5.79. The molecule has 1 saturated heterocycles. The molecule has 20 heavy (non-hydrogen) atoms. The number of hydrogen-bond acceptors (Lipinski definition) is 3. The van der Waals surface area contributed by atoms with E-state index in [0.717, 1.165) is 24.4 Å². The van der Waals surface area contributed by atoms with Gasteiger partial charge in [0.05, 0.1) is 6.04 Å². The molecule has 1 N–H and O–H groups in total. The van der Waals surface area contributed by atoms with E-state index < -0.39 is 0 Å². The molecule has 1 aromatic heterocycles. The number of carbonyl (C=O) groups is 2. The lowest BCUT2D eigenvalue weighted by Gasteiger charge is -2.31. The van der Waals surface area contributed by atoms with Crippen molar-refractivity contribution >= 4 is 11.8 Å². The first-order valence-electron chi connectivity index (χ1n) is 7.09. The summed E-state index contributed by atoms with van der Waals surface area (Å²) in [5.41, 5.74) is 0. The summed E-state index contributed by atoms with van der Waals surface area (Å²) in [5, 5.41) is 2.99. The molecule has 0 saturated carbocycles. The number of nitrogens with zero attached hydrogens (tertiary/aromatic N) is 1. The fourth-order valence-electron chi connectivity index (χ4n) is 2.55. The first-order chi connectivity index (χ1) is 9.47. The maximum absolute atomic E-state index is 12.2. The zero-order chi connectivity index (χ0) is 14.7. The zero-order valence-corrected chi connectivity index (χ0v) is 12.3. The summed E-state index contributed by atoms with van der Waals surface area (Å²) in [6, 6.07) is 3.66. The molecule has 5 nitrogen and oxygen atoms in total. The number of furan rings is 1. The van der Waals surface area contributed by atoms with Crippen LogP contribution in [0.3, 0.4) is 0 Å². The monoisotopic (exact) mass is 278 g/mol. The van der Waals surface area contributed by atoms with E-state index in [1.165, 1.54) is 0 Å². The van der Waals surface area contributed by atoms with Crippen molar-refractivity contribution < 1.29 is 14.0 Å². The second-order valence-electron chi connectivity index (χ2n) is 5.46. The highest BCUT2D eigenvalue weighted by Gasteiger charge is 2.27. The van der Waals surface area contributed by atoms with Crippen LogP contribution in [0.2, 0.25) is 0 Å². The minimum atomic E-state index is -0.123. The smallest absolute Gasteiger partial charge is 0.223 e. The van der Waals surface area contributed by atoms with Gasteiger partial charge < -0.3 is 14.6 Å². The summed E-state index contributed by atoms with van der Waals surface area (Å²) in [7, 11) is 0. The Labute approximate surface area is 119 Å². The average molecular weight is 278 g/mol. The third-order valence-electron chi connectivity index (χ3n) is 3.86. The predicted octanol–water partition coefficient (Wildman–Crippen LogP) is 2.02. The summed E-state index contributed by atoms with van der Waals surface area (Å²) in [6.07, 6.45) is 1.46. The summed E-state index contributed by atoms with van der Waals surface area (Å²) < 4.78 is 5.51. The van der Waals surface area contributed by atoms with E-state index in [0.29, 0.717) is 13.1 Å². The molecule has 1 unspecified atom stereocenters. The third kappa shape index (κ3) is 3.40. The van der Waals surface area contributed by atoms with Crippen molar-refractivity contribution in [2.75, 3.05) is 13.1 Å². The topological polar surface area (TPSA) is 62.6 Å². The van der Waals surface area contributed by atoms with Gasteiger partial charge in [-0.1, -0.05) is 0 Å². The van der Waals surface area contributed by atoms with E-state index in [1.54, 1.807) is 11.8 Å². The van der Waals surface area contributed by atoms with Crippen molar-refractivity contribution in [3.63, 3.8) is 0 Å². The Morgan fingerprint density at radius 2 is 2.00 bits per heavy atom. The number of aryl methyl sites for hydroxylation is 1. The predicted molar refractivity (Wildman–Crippen MR) is 75.0 cm³/mol. The van der Waals surface area contributed by atoms with Gasteiger partial charge >= 0.3 is 0 Å². The van der Waals surface area contributed by atoms with Crippen molar-refractivity contribution in [3.8, 4) is 0 Å². The van der Waals surface area contributed by atoms with Crippen LogP contribution < -0.4 is 5.32 Å². The SMILES string of the molecule is CC(=O)N1CCC(C(=O)NC(C)c2ccc(C)o2)CC1. The number of amides is 2. The zero-order valence-electron chi connectivity index (χ0n) is 12.3. The quantitative estimate of drug-likeness (QED) is 0.920. The van der Waals surface area contributed by atoms with Gasteiger partial charge in [-0.3, -0.25) is 9.59 Å². The molecule has 2 rings (SSSR count). The van der Waals surface area contributed by atoms with E-state index in [2.05, 4.69) is 5.32 Å². The van der Waals surface area contributed by atoms with Gasteiger partial charge in [-0.15, -0.1) is 0 Å². The van der Waals surface area contributed by atoms with E-state index in [4.69, 9.17) is 4.42 Å². The van der Waals surface area contributed by atoms with Crippen molar-refractivity contribution in [2.24, 2.45) is 5.92 Å². The van der Waals surface area contributed by atoms with Gasteiger partial charge in [0.15, 0.2) is 0 Å². The van der Waals surface area contributed by atoms with Crippen LogP contribution >= 0.6 is 0 Å². The lowest BCUT2D eigenvalue weighted by Crippen LogP contribution is -2.42. The van der Waals surface area contributed by atoms with Crippen molar-refractivity contribution in [3.05, 3.63) is 23.7 Å². The van der Waals surface area contributed by atoms with Crippen LogP contribution in [0.5, 0.6) is 0 Å². The van der Waals surface area contributed by atoms with Crippen LogP contribution in [0.4, 0.5) is 0 Å². The summed E-state index contributed by atoms with van der Waals surface area (Å²) in [4.78, 5) is 25.3. The highest BCUT2D eigenvalue weighted by Crippen LogP contribution is 2.20. The van der Waals surface area contributed by atoms with Gasteiger partial charge in [0.1, 0.15) is 11.5 Å². The molecule has 2 heterocycles. The Bertz CT molecular complexity index is 487. The van der Waals surface area contributed by atoms with Gasteiger partial charge in [-0.2, -0.15) is 0 Å². The van der Waals surface area contributed by atoms with Crippen LogP contribution in [-0.4, -0.2) is 29.8 Å². The first-order valence-corrected chi connectivity index (χ1v) is 7.09. The molecule has 0 aromatic carbocycles. The van der Waals surface area contributed by atoms with E-state index >= 15 is 0 Å². The fraction of sp³-hybridized carbons (Fsp3) is 0.600. The van der Waals surface area contributed by atoms with E-state index in [1.807, 2.05) is 26.0 Å². The Hall–Kier alpha value is -1.78. The second-order valence-corrected chi connectivity index (χ2v) is 5.46. The molecule has 0 spiro atoms. The largest absolute Gasteiger partial charge is 0.464 e. The maximum atomic E-state index is 12.2. The van der Waals surface area contributed by atoms with Gasteiger partial charge in [0, 0.05) is 25.9 Å². The Morgan fingerprint density at radius 1 is 1.35 bits per heavy atom. The van der Waals surface area contributed by atoms with E-state index in [-0.39, 0.29) is 23.8 Å². The third-order valence-corrected chi connectivity index (χ3v) is 3.86. The second kappa shape index (κ2) is 6.11. The molecule has 0 aliphatic carbocycles. The van der Waals surface area contributed by atoms with Gasteiger partial charge in [0.2, 0.25) is 11.8 Å². The van der Waals surface area contributed by atoms with Gasteiger partial charge in [0.25, 0.3) is 0 Å². The summed E-state index contributed by atoms with van der Waals surface area (Å²) >= 11 is 0. The highest BCUT2D eigenvalue weighted by atomic mass is 16.3. The fourth-order valence-corrected chi connectivity index (χ4v) is 2.55. The van der Waals surface area contributed by atoms with Gasteiger partial charge in [-0.25, -0.2) is 0 Å². The number of piperidine rings is 1. The molecule has 2 amide bonds. The molecule has 1 fully saturated rings. The van der Waals surface area contributed by atoms with Crippen molar-refractivity contribution in [1.29, 1.82) is 0 Å². The summed E-state index contributed by atoms with van der Waals surface area (Å²) in [5.74, 6) is 1.75. The molecule has 1 atom stereocenters. The lowest BCUT2D eigenvalue weighted by atomic mass is 9.95. The molecule has 1 aromatic rings. The Balaban J connectivity index is 1.85. The molecular formula is C15H22N2O3. The van der Waals surface area contributed by atoms with Crippen molar-refractivity contribution in [1.82, 2.24) is 10.2 Å². The number of rotatable bonds is 3. The van der Waals surface area contributed by atoms with Crippen LogP contribution in [0, 0.1) is 12.8 Å². The average Bonchev–Trinajstić information content (AvgIpc) is 2.85. The first kappa shape index (κ1) is 14.6. The van der Waals surface area contributed by atoms with Crippen LogP contribution in [0.1, 0.15) is 44.3 Å². The Kier molecular flexibility index (Phi) is 4.47. The normalized spacial score (nSPS) is 17.9. The molecule has 1 aliphatic rings. The van der Waals surface area contributed by atoms with E-state index in [9.17, 15) is 9.59 Å². The molecular weight excluding hydrogens is 256 g/mol. The Morgan fingerprint density at radius 3 is 2.50 bits per heavy atom. The molecule has 0 radical (unpaired) electrons. The van der Waals surface area contributed by atoms with Crippen LogP contribution in [0.15, 0.2) is 16.5 Å². The van der Waals surface area contributed by atoms with Crippen LogP contribution in [0.25, 0.3) is 0 Å². The number of hydrogen-bond donors (Lipinski definition) is 1. The molecule has 5 heteroatoms. The standard InChI is InChI=1S/C15H22N2O3/c1-10-4-5-14(20-10)11(2)16-15(19)13-6-8-17(9-7-13)12(3)18/h4-5,11,13H,6-9H2,1-3H3,(H,16,19). The van der Waals surface area contributed by atoms with Crippen LogP contribution in [-0.2, 0) is 9.59 Å². The van der Waals surface area contributed by atoms with Gasteiger partial charge in [-0.05, 0) is 38.8 Å². The minimum Gasteiger partial charge on any atom is -0.464 e. The van der Waals surface area contributed by atoms with Crippen molar-refractivity contribution in [2.45, 2.75) is 39.7 Å². The molecule has 0 bridgehead atoms. The number of nitrogens with one attached hydrogen (secondary N) is 1. The summed E-state index contributed by atoms with van der Waals surface area (Å²) in [6.45, 7) is 6.71. The minimum absolute atomic E-state index is 0.0101. The number of likely N-dealkylation sites (tertiary alicyclic amines) is 1. The molecule has 110 valence electrons. The molecule has 1 aliphatic heterocycles. The maximum Gasteiger partial charge on any atom is 0.223 e. The lowest BCUT2D eigenvalue weighted by molar-refractivity contribution is -0.134. The number of carbonyl (C=O) groups excluding carboxylic acids is 2.